The molecule has 0 spiro atoms. The van der Waals surface area contributed by atoms with Crippen LogP contribution in [0.25, 0.3) is 0 Å². The van der Waals surface area contributed by atoms with Crippen LogP contribution in [0.4, 0.5) is 11.4 Å². The highest BCUT2D eigenvalue weighted by Crippen LogP contribution is 2.22. The van der Waals surface area contributed by atoms with Crippen molar-refractivity contribution < 1.29 is 14.9 Å². The smallest absolute Gasteiger partial charge is 0.146 e. The zero-order valence-corrected chi connectivity index (χ0v) is 16.4. The summed E-state index contributed by atoms with van der Waals surface area (Å²) < 4.78 is 5.72. The number of hydrogen-bond acceptors (Lipinski definition) is 7. The molecule has 0 unspecified atom stereocenters. The van der Waals surface area contributed by atoms with E-state index in [1.807, 2.05) is 29.2 Å². The summed E-state index contributed by atoms with van der Waals surface area (Å²) in [6.45, 7) is 3.64. The first kappa shape index (κ1) is 21.7. The molecular weight excluding hydrogens is 356 g/mol. The van der Waals surface area contributed by atoms with Crippen LogP contribution in [0.3, 0.4) is 0 Å². The van der Waals surface area contributed by atoms with Gasteiger partial charge in [0.2, 0.25) is 0 Å². The first-order chi connectivity index (χ1) is 13.6. The first-order valence-corrected chi connectivity index (χ1v) is 9.65. The maximum Gasteiger partial charge on any atom is 0.146 e. The molecule has 0 fully saturated rings. The number of benzene rings is 1. The molecule has 0 saturated carbocycles. The number of aliphatic hydroxyl groups excluding tert-OH is 2. The monoisotopic (exact) mass is 386 g/mol. The second kappa shape index (κ2) is 11.3. The minimum Gasteiger partial charge on any atom is -0.491 e. The molecule has 28 heavy (non-hydrogen) atoms. The van der Waals surface area contributed by atoms with Gasteiger partial charge in [-0.15, -0.1) is 0 Å². The molecule has 0 aliphatic heterocycles. The number of ether oxygens (including phenoxy) is 1. The van der Waals surface area contributed by atoms with Crippen molar-refractivity contribution in [1.82, 2.24) is 0 Å². The lowest BCUT2D eigenvalue weighted by Gasteiger charge is -2.22. The summed E-state index contributed by atoms with van der Waals surface area (Å²) in [5, 5.41) is 26.4. The third kappa shape index (κ3) is 6.21. The molecular formula is C21H30N4O3. The van der Waals surface area contributed by atoms with E-state index in [1.54, 1.807) is 12.2 Å². The van der Waals surface area contributed by atoms with Gasteiger partial charge in [-0.05, 0) is 36.8 Å². The second-order valence-corrected chi connectivity index (χ2v) is 6.53. The van der Waals surface area contributed by atoms with E-state index < -0.39 is 0 Å². The van der Waals surface area contributed by atoms with E-state index in [2.05, 4.69) is 11.9 Å². The number of aliphatic imine (C=N–C) groups is 1. The number of nitrogens with zero attached hydrogens (tertiary/aromatic N) is 2. The predicted octanol–water partition coefficient (Wildman–Crippen LogP) is 2.52. The predicted molar refractivity (Wildman–Crippen MR) is 113 cm³/mol. The van der Waals surface area contributed by atoms with E-state index in [0.29, 0.717) is 36.9 Å². The zero-order valence-electron chi connectivity index (χ0n) is 16.4. The first-order valence-electron chi connectivity index (χ1n) is 9.65. The van der Waals surface area contributed by atoms with E-state index in [-0.39, 0.29) is 18.9 Å². The zero-order chi connectivity index (χ0) is 20.4. The van der Waals surface area contributed by atoms with E-state index in [9.17, 15) is 0 Å². The number of anilines is 1. The highest BCUT2D eigenvalue weighted by atomic mass is 16.5. The molecule has 1 aliphatic carbocycles. The van der Waals surface area contributed by atoms with E-state index in [4.69, 9.17) is 26.1 Å². The van der Waals surface area contributed by atoms with Gasteiger partial charge in [0.1, 0.15) is 5.76 Å². The molecule has 1 aliphatic rings. The molecule has 0 atom stereocenters. The average Bonchev–Trinajstić information content (AvgIpc) is 2.69. The van der Waals surface area contributed by atoms with Crippen LogP contribution in [-0.2, 0) is 4.74 Å². The molecule has 5 N–H and O–H groups in total. The summed E-state index contributed by atoms with van der Waals surface area (Å²) in [5.41, 5.74) is 8.91. The number of aliphatic hydroxyl groups is 2. The van der Waals surface area contributed by atoms with Gasteiger partial charge in [0.05, 0.1) is 42.6 Å². The second-order valence-electron chi connectivity index (χ2n) is 6.53. The third-order valence-corrected chi connectivity index (χ3v) is 4.34. The molecule has 1 aromatic carbocycles. The molecule has 0 heterocycles. The Hall–Kier alpha value is -2.64. The van der Waals surface area contributed by atoms with Crippen LogP contribution >= 0.6 is 0 Å². The molecule has 7 heteroatoms. The van der Waals surface area contributed by atoms with Crippen molar-refractivity contribution in [1.29, 1.82) is 5.41 Å². The number of hydrogen-bond donors (Lipinski definition) is 4. The van der Waals surface area contributed by atoms with Crippen LogP contribution < -0.4 is 10.6 Å². The topological polar surface area (TPSA) is 115 Å². The van der Waals surface area contributed by atoms with Gasteiger partial charge in [-0.3, -0.25) is 5.41 Å². The van der Waals surface area contributed by atoms with Gasteiger partial charge in [-0.1, -0.05) is 19.8 Å². The summed E-state index contributed by atoms with van der Waals surface area (Å²) in [4.78, 5) is 6.47. The van der Waals surface area contributed by atoms with Crippen LogP contribution in [0.15, 0.2) is 52.9 Å². The Morgan fingerprint density at radius 1 is 1.07 bits per heavy atom. The molecule has 0 amide bonds. The SMILES string of the molecule is CCCCCOC1=CC(=Nc2ccc(N(CCO)CCO)cc2)C(N)=CC1=N. The Morgan fingerprint density at radius 3 is 2.36 bits per heavy atom. The van der Waals surface area contributed by atoms with Crippen molar-refractivity contribution in [3.05, 3.63) is 47.9 Å². The lowest BCUT2D eigenvalue weighted by molar-refractivity contribution is 0.224. The van der Waals surface area contributed by atoms with Gasteiger partial charge < -0.3 is 25.6 Å². The fourth-order valence-corrected chi connectivity index (χ4v) is 2.82. The van der Waals surface area contributed by atoms with Gasteiger partial charge >= 0.3 is 0 Å². The molecule has 1 aromatic rings. The van der Waals surface area contributed by atoms with Crippen LogP contribution in [0.2, 0.25) is 0 Å². The Balaban J connectivity index is 2.14. The lowest BCUT2D eigenvalue weighted by atomic mass is 10.1. The van der Waals surface area contributed by atoms with Crippen LogP contribution in [0, 0.1) is 5.41 Å². The van der Waals surface area contributed by atoms with Gasteiger partial charge in [0.25, 0.3) is 0 Å². The minimum atomic E-state index is 0.0170. The number of rotatable bonds is 11. The van der Waals surface area contributed by atoms with Crippen LogP contribution in [-0.4, -0.2) is 54.5 Å². The van der Waals surface area contributed by atoms with Gasteiger partial charge in [0.15, 0.2) is 0 Å². The average molecular weight is 386 g/mol. The van der Waals surface area contributed by atoms with Crippen molar-refractivity contribution in [3.63, 3.8) is 0 Å². The van der Waals surface area contributed by atoms with Crippen molar-refractivity contribution >= 4 is 22.8 Å². The molecule has 152 valence electrons. The Kier molecular flexibility index (Phi) is 8.71. The minimum absolute atomic E-state index is 0.0170. The molecule has 2 rings (SSSR count). The van der Waals surface area contributed by atoms with Crippen LogP contribution in [0.1, 0.15) is 26.2 Å². The standard InChI is InChI=1S/C21H30N4O3/c1-2-3-4-13-28-21-15-20(18(22)14-19(21)23)24-16-5-7-17(8-6-16)25(9-11-26)10-12-27/h5-8,14-15,23,26-27H,2-4,9-13,22H2,1H3. The third-order valence-electron chi connectivity index (χ3n) is 4.34. The van der Waals surface area contributed by atoms with Gasteiger partial charge in [-0.25, -0.2) is 4.99 Å². The molecule has 7 nitrogen and oxygen atoms in total. The molecule has 0 saturated heterocycles. The van der Waals surface area contributed by atoms with Crippen molar-refractivity contribution in [2.45, 2.75) is 26.2 Å². The maximum absolute atomic E-state index is 9.16. The summed E-state index contributed by atoms with van der Waals surface area (Å²) in [6.07, 6.45) is 6.43. The molecule has 0 radical (unpaired) electrons. The van der Waals surface area contributed by atoms with Gasteiger partial charge in [-0.2, -0.15) is 0 Å². The normalized spacial score (nSPS) is 15.4. The maximum atomic E-state index is 9.16. The summed E-state index contributed by atoms with van der Waals surface area (Å²) in [5.74, 6) is 0.484. The molecule has 0 aromatic heterocycles. The van der Waals surface area contributed by atoms with E-state index in [1.165, 1.54) is 0 Å². The summed E-state index contributed by atoms with van der Waals surface area (Å²) in [6, 6.07) is 7.49. The van der Waals surface area contributed by atoms with E-state index >= 15 is 0 Å². The Labute approximate surface area is 166 Å². The summed E-state index contributed by atoms with van der Waals surface area (Å²) in [7, 11) is 0. The van der Waals surface area contributed by atoms with Crippen molar-refractivity contribution in [2.24, 2.45) is 10.7 Å². The quantitative estimate of drug-likeness (QED) is 0.345. The number of unbranched alkanes of at least 4 members (excludes halogenated alkanes) is 2. The lowest BCUT2D eigenvalue weighted by Crippen LogP contribution is -2.29. The van der Waals surface area contributed by atoms with Crippen molar-refractivity contribution in [3.8, 4) is 0 Å². The number of nitrogens with one attached hydrogen (secondary N) is 1. The largest absolute Gasteiger partial charge is 0.491 e. The number of nitrogens with two attached hydrogens (primary N) is 1. The van der Waals surface area contributed by atoms with Gasteiger partial charge in [0, 0.05) is 24.9 Å². The molecule has 0 bridgehead atoms. The number of allylic oxidation sites excluding steroid dienone is 2. The van der Waals surface area contributed by atoms with E-state index in [0.717, 1.165) is 30.6 Å². The fraction of sp³-hybridized carbons (Fsp3) is 0.429. The fourth-order valence-electron chi connectivity index (χ4n) is 2.82. The van der Waals surface area contributed by atoms with Crippen molar-refractivity contribution in [2.75, 3.05) is 37.8 Å². The van der Waals surface area contributed by atoms with Crippen LogP contribution in [0.5, 0.6) is 0 Å². The Bertz CT molecular complexity index is 733. The summed E-state index contributed by atoms with van der Waals surface area (Å²) >= 11 is 0. The Morgan fingerprint density at radius 2 is 1.75 bits per heavy atom. The highest BCUT2D eigenvalue weighted by molar-refractivity contribution is 6.22. The highest BCUT2D eigenvalue weighted by Gasteiger charge is 2.15.